The number of hydrogen-bond acceptors (Lipinski definition) is 6. The van der Waals surface area contributed by atoms with Crippen LogP contribution >= 0.6 is 0 Å². The first-order valence-corrected chi connectivity index (χ1v) is 11.2. The van der Waals surface area contributed by atoms with Crippen LogP contribution in [0.2, 0.25) is 0 Å². The van der Waals surface area contributed by atoms with Crippen LogP contribution in [0.15, 0.2) is 89.9 Å². The molecule has 4 aromatic rings. The molecule has 4 rings (SSSR count). The van der Waals surface area contributed by atoms with Crippen LogP contribution < -0.4 is 5.56 Å². The molecule has 1 unspecified atom stereocenters. The number of rotatable bonds is 7. The van der Waals surface area contributed by atoms with Crippen LogP contribution in [0.3, 0.4) is 0 Å². The Morgan fingerprint density at radius 3 is 2.30 bits per heavy atom. The maximum Gasteiger partial charge on any atom is 0.275 e. The summed E-state index contributed by atoms with van der Waals surface area (Å²) in [6, 6.07) is 22.0. The van der Waals surface area contributed by atoms with Crippen molar-refractivity contribution in [2.75, 3.05) is 0 Å². The highest BCUT2D eigenvalue weighted by Gasteiger charge is 2.18. The Bertz CT molecular complexity index is 1390. The van der Waals surface area contributed by atoms with E-state index in [0.29, 0.717) is 22.3 Å². The fourth-order valence-corrected chi connectivity index (χ4v) is 4.01. The number of nitro benzene ring substituents is 1. The highest BCUT2D eigenvalue weighted by Crippen LogP contribution is 2.31. The second-order valence-electron chi connectivity index (χ2n) is 7.33. The molecule has 0 aliphatic rings. The van der Waals surface area contributed by atoms with Crippen molar-refractivity contribution in [3.05, 3.63) is 117 Å². The zero-order valence-corrected chi connectivity index (χ0v) is 18.1. The van der Waals surface area contributed by atoms with Crippen LogP contribution in [-0.2, 0) is 23.4 Å². The Kier molecular flexibility index (Phi) is 6.53. The van der Waals surface area contributed by atoms with E-state index in [1.54, 1.807) is 36.5 Å². The van der Waals surface area contributed by atoms with Crippen molar-refractivity contribution in [2.45, 2.75) is 12.3 Å². The van der Waals surface area contributed by atoms with E-state index in [4.69, 9.17) is 0 Å². The first-order valence-electron chi connectivity index (χ1n) is 9.96. The second kappa shape index (κ2) is 9.68. The first-order chi connectivity index (χ1) is 15.9. The molecule has 0 spiro atoms. The largest absolute Gasteiger partial charge is 0.772 e. The second-order valence-corrected chi connectivity index (χ2v) is 8.23. The molecule has 1 aromatic heterocycles. The SMILES string of the molecule is O=c1c(-c2cccc([N+](=O)[O-])c2)c(-c2ccc(CS(=O)[O-])cc2)cnn1Cc1ccccc1. The summed E-state index contributed by atoms with van der Waals surface area (Å²) in [5.74, 6) is -0.116. The van der Waals surface area contributed by atoms with E-state index in [1.165, 1.54) is 22.9 Å². The number of nitro groups is 1. The monoisotopic (exact) mass is 460 g/mol. The van der Waals surface area contributed by atoms with Crippen molar-refractivity contribution < 1.29 is 13.7 Å². The normalized spacial score (nSPS) is 11.8. The predicted octanol–water partition coefficient (Wildman–Crippen LogP) is 3.91. The molecule has 0 fully saturated rings. The van der Waals surface area contributed by atoms with Gasteiger partial charge in [0.2, 0.25) is 0 Å². The molecule has 9 heteroatoms. The minimum absolute atomic E-state index is 0.116. The smallest absolute Gasteiger partial charge is 0.275 e. The molecule has 8 nitrogen and oxygen atoms in total. The molecule has 1 atom stereocenters. The molecule has 0 saturated heterocycles. The van der Waals surface area contributed by atoms with Crippen LogP contribution in [-0.4, -0.2) is 23.5 Å². The molecule has 0 aliphatic heterocycles. The number of hydrogen-bond donors (Lipinski definition) is 0. The summed E-state index contributed by atoms with van der Waals surface area (Å²) >= 11 is -2.21. The molecule has 0 N–H and O–H groups in total. The van der Waals surface area contributed by atoms with Crippen LogP contribution in [0.25, 0.3) is 22.3 Å². The topological polar surface area (TPSA) is 118 Å². The van der Waals surface area contributed by atoms with Crippen LogP contribution in [0.1, 0.15) is 11.1 Å². The molecular formula is C24H18N3O5S-. The lowest BCUT2D eigenvalue weighted by molar-refractivity contribution is -0.384. The van der Waals surface area contributed by atoms with Crippen LogP contribution in [0.4, 0.5) is 5.69 Å². The summed E-state index contributed by atoms with van der Waals surface area (Å²) in [7, 11) is 0. The molecule has 0 aliphatic carbocycles. The van der Waals surface area contributed by atoms with Crippen LogP contribution in [0, 0.1) is 10.1 Å². The van der Waals surface area contributed by atoms with Crippen molar-refractivity contribution in [1.29, 1.82) is 0 Å². The van der Waals surface area contributed by atoms with E-state index in [0.717, 1.165) is 5.56 Å². The fraction of sp³-hybridized carbons (Fsp3) is 0.0833. The van der Waals surface area contributed by atoms with Gasteiger partial charge in [-0.25, -0.2) is 4.68 Å². The van der Waals surface area contributed by atoms with E-state index < -0.39 is 16.0 Å². The minimum Gasteiger partial charge on any atom is -0.772 e. The summed E-state index contributed by atoms with van der Waals surface area (Å²) in [5.41, 5.74) is 2.81. The Morgan fingerprint density at radius 1 is 0.909 bits per heavy atom. The van der Waals surface area contributed by atoms with E-state index in [9.17, 15) is 23.7 Å². The maximum absolute atomic E-state index is 13.5. The van der Waals surface area contributed by atoms with Gasteiger partial charge in [-0.2, -0.15) is 5.10 Å². The first kappa shape index (κ1) is 22.3. The lowest BCUT2D eigenvalue weighted by Gasteiger charge is -2.13. The van der Waals surface area contributed by atoms with Crippen molar-refractivity contribution in [2.24, 2.45) is 0 Å². The number of aromatic nitrogens is 2. The van der Waals surface area contributed by atoms with Crippen molar-refractivity contribution in [1.82, 2.24) is 9.78 Å². The molecule has 0 radical (unpaired) electrons. The number of non-ortho nitro benzene ring substituents is 1. The molecular weight excluding hydrogens is 442 g/mol. The lowest BCUT2D eigenvalue weighted by atomic mass is 9.96. The summed E-state index contributed by atoms with van der Waals surface area (Å²) in [4.78, 5) is 24.3. The summed E-state index contributed by atoms with van der Waals surface area (Å²) in [6.07, 6.45) is 1.55. The standard InChI is InChI=1S/C24H19N3O5S/c28-24-23(20-7-4-8-21(13-20)27(29)30)22(19-11-9-18(10-12-19)16-33(31)32)14-25-26(24)15-17-5-2-1-3-6-17/h1-14H,15-16H2,(H,31,32)/p-1. The van der Waals surface area contributed by atoms with Crippen molar-refractivity contribution >= 4 is 16.8 Å². The van der Waals surface area contributed by atoms with Gasteiger partial charge in [0.25, 0.3) is 11.2 Å². The van der Waals surface area contributed by atoms with Gasteiger partial charge >= 0.3 is 0 Å². The zero-order valence-electron chi connectivity index (χ0n) is 17.3. The van der Waals surface area contributed by atoms with Gasteiger partial charge in [0, 0.05) is 23.4 Å². The Balaban J connectivity index is 1.86. The highest BCUT2D eigenvalue weighted by molar-refractivity contribution is 7.78. The summed E-state index contributed by atoms with van der Waals surface area (Å²) < 4.78 is 23.3. The number of nitrogens with zero attached hydrogens (tertiary/aromatic N) is 3. The lowest BCUT2D eigenvalue weighted by Crippen LogP contribution is -2.25. The number of benzene rings is 3. The van der Waals surface area contributed by atoms with Gasteiger partial charge in [0.15, 0.2) is 0 Å². The zero-order chi connectivity index (χ0) is 23.4. The molecule has 0 amide bonds. The Labute approximate surface area is 191 Å². The fourth-order valence-electron chi connectivity index (χ4n) is 3.55. The molecule has 33 heavy (non-hydrogen) atoms. The van der Waals surface area contributed by atoms with E-state index in [2.05, 4.69) is 5.10 Å². The molecule has 1 heterocycles. The third-order valence-corrected chi connectivity index (χ3v) is 5.68. The molecule has 3 aromatic carbocycles. The van der Waals surface area contributed by atoms with Gasteiger partial charge in [-0.15, -0.1) is 0 Å². The maximum atomic E-state index is 13.5. The van der Waals surface area contributed by atoms with Gasteiger partial charge in [-0.3, -0.25) is 19.1 Å². The average Bonchev–Trinajstić information content (AvgIpc) is 2.81. The van der Waals surface area contributed by atoms with E-state index >= 15 is 0 Å². The molecule has 166 valence electrons. The van der Waals surface area contributed by atoms with Gasteiger partial charge in [0.1, 0.15) is 0 Å². The summed E-state index contributed by atoms with van der Waals surface area (Å²) in [5, 5.41) is 15.7. The van der Waals surface area contributed by atoms with Crippen LogP contribution in [0.5, 0.6) is 0 Å². The van der Waals surface area contributed by atoms with Gasteiger partial charge in [-0.1, -0.05) is 77.8 Å². The van der Waals surface area contributed by atoms with Crippen molar-refractivity contribution in [3.63, 3.8) is 0 Å². The van der Waals surface area contributed by atoms with Gasteiger partial charge in [0.05, 0.1) is 23.2 Å². The Morgan fingerprint density at radius 2 is 1.64 bits per heavy atom. The average molecular weight is 460 g/mol. The molecule has 0 bridgehead atoms. The molecule has 0 saturated carbocycles. The van der Waals surface area contributed by atoms with E-state index in [-0.39, 0.29) is 29.1 Å². The quantitative estimate of drug-likeness (QED) is 0.234. The third-order valence-electron chi connectivity index (χ3n) is 5.11. The summed E-state index contributed by atoms with van der Waals surface area (Å²) in [6.45, 7) is 0.246. The highest BCUT2D eigenvalue weighted by atomic mass is 32.2. The van der Waals surface area contributed by atoms with Crippen molar-refractivity contribution in [3.8, 4) is 22.3 Å². The Hall–Kier alpha value is -3.95. The van der Waals surface area contributed by atoms with Gasteiger partial charge in [-0.05, 0) is 22.3 Å². The minimum atomic E-state index is -2.21. The third kappa shape index (κ3) is 5.11. The predicted molar refractivity (Wildman–Crippen MR) is 124 cm³/mol. The van der Waals surface area contributed by atoms with E-state index in [1.807, 2.05) is 30.3 Å². The van der Waals surface area contributed by atoms with Gasteiger partial charge < -0.3 is 4.55 Å².